The average Bonchev–Trinajstić information content (AvgIpc) is 2.78. The van der Waals surface area contributed by atoms with E-state index in [1.54, 1.807) is 24.3 Å². The maximum absolute atomic E-state index is 12.7. The van der Waals surface area contributed by atoms with Crippen LogP contribution in [0.2, 0.25) is 0 Å². The Morgan fingerprint density at radius 3 is 2.29 bits per heavy atom. The number of anilines is 1. The Morgan fingerprint density at radius 2 is 1.65 bits per heavy atom. The molecule has 1 atom stereocenters. The molecule has 1 unspecified atom stereocenters. The highest BCUT2D eigenvalue weighted by Crippen LogP contribution is 2.26. The summed E-state index contributed by atoms with van der Waals surface area (Å²) < 4.78 is 32.3. The zero-order chi connectivity index (χ0) is 24.9. The van der Waals surface area contributed by atoms with Gasteiger partial charge in [0.15, 0.2) is 0 Å². The number of nitrogens with zero attached hydrogens (tertiary/aromatic N) is 1. The Labute approximate surface area is 202 Å². The minimum Gasteiger partial charge on any atom is -0.491 e. The SMILES string of the molecule is Cc1ccc(C)c(N(Cc2ccc(C(=O)NC(C)COc3ccccc3C)cc2)S(C)(=O)=O)c1. The van der Waals surface area contributed by atoms with Gasteiger partial charge in [0.1, 0.15) is 12.4 Å². The van der Waals surface area contributed by atoms with Crippen molar-refractivity contribution in [1.82, 2.24) is 5.32 Å². The summed E-state index contributed by atoms with van der Waals surface area (Å²) in [5.74, 6) is 0.592. The molecule has 0 bridgehead atoms. The molecule has 3 aromatic carbocycles. The number of aryl methyl sites for hydroxylation is 3. The maximum Gasteiger partial charge on any atom is 0.251 e. The number of carbonyl (C=O) groups is 1. The van der Waals surface area contributed by atoms with Crippen molar-refractivity contribution in [3.8, 4) is 5.75 Å². The van der Waals surface area contributed by atoms with Crippen LogP contribution in [-0.2, 0) is 16.6 Å². The van der Waals surface area contributed by atoms with Crippen molar-refractivity contribution >= 4 is 21.6 Å². The fourth-order valence-electron chi connectivity index (χ4n) is 3.58. The van der Waals surface area contributed by atoms with Gasteiger partial charge in [-0.1, -0.05) is 42.5 Å². The summed E-state index contributed by atoms with van der Waals surface area (Å²) in [6, 6.07) is 20.3. The molecule has 1 amide bonds. The predicted octanol–water partition coefficient (Wildman–Crippen LogP) is 4.78. The van der Waals surface area contributed by atoms with Gasteiger partial charge in [-0.2, -0.15) is 0 Å². The van der Waals surface area contributed by atoms with E-state index in [1.165, 1.54) is 10.6 Å². The normalized spacial score (nSPS) is 12.1. The first-order valence-corrected chi connectivity index (χ1v) is 13.0. The van der Waals surface area contributed by atoms with E-state index in [2.05, 4.69) is 5.32 Å². The molecule has 0 aliphatic carbocycles. The smallest absolute Gasteiger partial charge is 0.251 e. The quantitative estimate of drug-likeness (QED) is 0.478. The van der Waals surface area contributed by atoms with E-state index >= 15 is 0 Å². The van der Waals surface area contributed by atoms with Gasteiger partial charge >= 0.3 is 0 Å². The second-order valence-electron chi connectivity index (χ2n) is 8.71. The first-order valence-electron chi connectivity index (χ1n) is 11.2. The van der Waals surface area contributed by atoms with E-state index in [0.717, 1.165) is 28.0 Å². The summed E-state index contributed by atoms with van der Waals surface area (Å²) in [4.78, 5) is 12.7. The molecule has 0 aliphatic rings. The number of benzene rings is 3. The molecule has 0 aromatic heterocycles. The van der Waals surface area contributed by atoms with Crippen molar-refractivity contribution in [1.29, 1.82) is 0 Å². The topological polar surface area (TPSA) is 75.7 Å². The van der Waals surface area contributed by atoms with E-state index in [1.807, 2.05) is 70.2 Å². The van der Waals surface area contributed by atoms with Crippen LogP contribution in [-0.4, -0.2) is 33.2 Å². The van der Waals surface area contributed by atoms with Crippen LogP contribution < -0.4 is 14.4 Å². The average molecular weight is 481 g/mol. The molecule has 0 saturated heterocycles. The number of para-hydroxylation sites is 1. The molecule has 0 spiro atoms. The van der Waals surface area contributed by atoms with Gasteiger partial charge < -0.3 is 10.1 Å². The molecule has 0 aliphatic heterocycles. The Kier molecular flexibility index (Phi) is 7.99. The van der Waals surface area contributed by atoms with Crippen LogP contribution in [0.3, 0.4) is 0 Å². The second-order valence-corrected chi connectivity index (χ2v) is 10.6. The molecule has 3 aromatic rings. The first-order chi connectivity index (χ1) is 16.0. The lowest BCUT2D eigenvalue weighted by Gasteiger charge is -2.25. The molecule has 3 rings (SSSR count). The summed E-state index contributed by atoms with van der Waals surface area (Å²) in [5.41, 5.74) is 4.87. The Hall–Kier alpha value is -3.32. The number of hydrogen-bond acceptors (Lipinski definition) is 4. The highest BCUT2D eigenvalue weighted by atomic mass is 32.2. The fraction of sp³-hybridized carbons (Fsp3) is 0.296. The van der Waals surface area contributed by atoms with Crippen LogP contribution in [0.25, 0.3) is 0 Å². The van der Waals surface area contributed by atoms with Gasteiger partial charge in [-0.05, 0) is 74.2 Å². The van der Waals surface area contributed by atoms with Gasteiger partial charge in [-0.3, -0.25) is 9.10 Å². The molecule has 0 saturated carbocycles. The number of amides is 1. The maximum atomic E-state index is 12.7. The second kappa shape index (κ2) is 10.7. The molecule has 1 N–H and O–H groups in total. The van der Waals surface area contributed by atoms with E-state index in [-0.39, 0.29) is 18.5 Å². The zero-order valence-corrected chi connectivity index (χ0v) is 21.1. The fourth-order valence-corrected chi connectivity index (χ4v) is 4.52. The minimum absolute atomic E-state index is 0.184. The molecule has 180 valence electrons. The summed E-state index contributed by atoms with van der Waals surface area (Å²) in [6.07, 6.45) is 1.21. The number of hydrogen-bond donors (Lipinski definition) is 1. The van der Waals surface area contributed by atoms with E-state index in [0.29, 0.717) is 17.9 Å². The lowest BCUT2D eigenvalue weighted by molar-refractivity contribution is 0.0926. The van der Waals surface area contributed by atoms with Crippen LogP contribution in [0, 0.1) is 20.8 Å². The van der Waals surface area contributed by atoms with Gasteiger partial charge in [-0.15, -0.1) is 0 Å². The van der Waals surface area contributed by atoms with Crippen LogP contribution in [0.1, 0.15) is 39.5 Å². The molecule has 6 nitrogen and oxygen atoms in total. The van der Waals surface area contributed by atoms with Crippen molar-refractivity contribution in [3.63, 3.8) is 0 Å². The zero-order valence-electron chi connectivity index (χ0n) is 20.3. The largest absolute Gasteiger partial charge is 0.491 e. The van der Waals surface area contributed by atoms with Gasteiger partial charge in [0.2, 0.25) is 10.0 Å². The number of sulfonamides is 1. The third-order valence-electron chi connectivity index (χ3n) is 5.54. The van der Waals surface area contributed by atoms with Crippen molar-refractivity contribution in [2.75, 3.05) is 17.2 Å². The van der Waals surface area contributed by atoms with Crippen molar-refractivity contribution in [3.05, 3.63) is 94.5 Å². The third-order valence-corrected chi connectivity index (χ3v) is 6.66. The Balaban J connectivity index is 1.65. The van der Waals surface area contributed by atoms with Crippen molar-refractivity contribution in [2.45, 2.75) is 40.3 Å². The van der Waals surface area contributed by atoms with Gasteiger partial charge in [0.25, 0.3) is 5.91 Å². The van der Waals surface area contributed by atoms with Crippen molar-refractivity contribution < 1.29 is 17.9 Å². The molecular formula is C27H32N2O4S. The Morgan fingerprint density at radius 1 is 0.971 bits per heavy atom. The summed E-state index contributed by atoms with van der Waals surface area (Å²) in [7, 11) is -3.49. The molecule has 7 heteroatoms. The lowest BCUT2D eigenvalue weighted by Crippen LogP contribution is -2.36. The summed E-state index contributed by atoms with van der Waals surface area (Å²) in [5, 5.41) is 2.94. The first kappa shape index (κ1) is 25.3. The van der Waals surface area contributed by atoms with E-state index in [9.17, 15) is 13.2 Å². The molecule has 0 fully saturated rings. The standard InChI is InChI=1S/C27H32N2O4S/c1-19-10-11-20(2)25(16-19)29(34(5,31)32)17-23-12-14-24(15-13-23)27(30)28-22(4)18-33-26-9-7-6-8-21(26)3/h6-16,22H,17-18H2,1-5H3,(H,28,30). The molecule has 0 radical (unpaired) electrons. The lowest BCUT2D eigenvalue weighted by atomic mass is 10.1. The highest BCUT2D eigenvalue weighted by Gasteiger charge is 2.20. The molecule has 0 heterocycles. The molecule has 34 heavy (non-hydrogen) atoms. The highest BCUT2D eigenvalue weighted by molar-refractivity contribution is 7.92. The van der Waals surface area contributed by atoms with Crippen LogP contribution in [0.5, 0.6) is 5.75 Å². The van der Waals surface area contributed by atoms with E-state index in [4.69, 9.17) is 4.74 Å². The van der Waals surface area contributed by atoms with Crippen LogP contribution in [0.4, 0.5) is 5.69 Å². The van der Waals surface area contributed by atoms with Gasteiger partial charge in [0.05, 0.1) is 24.5 Å². The monoisotopic (exact) mass is 480 g/mol. The number of nitrogens with one attached hydrogen (secondary N) is 1. The Bertz CT molecular complexity index is 1250. The van der Waals surface area contributed by atoms with Gasteiger partial charge in [0, 0.05) is 5.56 Å². The van der Waals surface area contributed by atoms with Gasteiger partial charge in [-0.25, -0.2) is 8.42 Å². The van der Waals surface area contributed by atoms with Crippen molar-refractivity contribution in [2.24, 2.45) is 0 Å². The number of carbonyl (C=O) groups excluding carboxylic acids is 1. The number of rotatable bonds is 9. The molecular weight excluding hydrogens is 448 g/mol. The summed E-state index contributed by atoms with van der Waals surface area (Å²) >= 11 is 0. The number of ether oxygens (including phenoxy) is 1. The third kappa shape index (κ3) is 6.60. The van der Waals surface area contributed by atoms with Crippen LogP contribution >= 0.6 is 0 Å². The van der Waals surface area contributed by atoms with E-state index < -0.39 is 10.0 Å². The summed E-state index contributed by atoms with van der Waals surface area (Å²) in [6.45, 7) is 8.23. The minimum atomic E-state index is -3.49. The van der Waals surface area contributed by atoms with Crippen LogP contribution in [0.15, 0.2) is 66.7 Å². The predicted molar refractivity (Wildman–Crippen MR) is 137 cm³/mol.